The normalized spacial score (nSPS) is 10.9. The van der Waals surface area contributed by atoms with Crippen molar-refractivity contribution in [2.24, 2.45) is 0 Å². The molecule has 2 rings (SSSR count). The molecule has 0 fully saturated rings. The van der Waals surface area contributed by atoms with Crippen LogP contribution >= 0.6 is 31.5 Å². The quantitative estimate of drug-likeness (QED) is 0.736. The fraction of sp³-hybridized carbons (Fsp3) is 0. The van der Waals surface area contributed by atoms with Gasteiger partial charge in [0.25, 0.3) is 0 Å². The highest BCUT2D eigenvalue weighted by molar-refractivity contribution is 7.34. The molecule has 0 aliphatic carbocycles. The lowest BCUT2D eigenvalue weighted by Crippen LogP contribution is -1.89. The molecule has 2 aromatic rings. The minimum atomic E-state index is -2.35. The Morgan fingerprint density at radius 2 is 1.61 bits per heavy atom. The average molecular weight is 302 g/mol. The number of benzene rings is 2. The van der Waals surface area contributed by atoms with Gasteiger partial charge in [-0.3, -0.25) is 0 Å². The van der Waals surface area contributed by atoms with Crippen LogP contribution in [0.5, 0.6) is 11.5 Å². The van der Waals surface area contributed by atoms with Gasteiger partial charge in [0.1, 0.15) is 5.02 Å². The van der Waals surface area contributed by atoms with Crippen molar-refractivity contribution in [1.29, 1.82) is 0 Å². The third kappa shape index (κ3) is 3.36. The maximum absolute atomic E-state index is 11.6. The van der Waals surface area contributed by atoms with E-state index in [2.05, 4.69) is 0 Å². The van der Waals surface area contributed by atoms with Crippen molar-refractivity contribution >= 4 is 31.5 Å². The summed E-state index contributed by atoms with van der Waals surface area (Å²) in [4.78, 5) is 0. The van der Waals surface area contributed by atoms with Crippen molar-refractivity contribution in [2.75, 3.05) is 0 Å². The Kier molecular flexibility index (Phi) is 4.43. The smallest absolute Gasteiger partial charge is 0.222 e. The van der Waals surface area contributed by atoms with E-state index in [-0.39, 0.29) is 10.8 Å². The molecular weight excluding hydrogens is 294 g/mol. The van der Waals surface area contributed by atoms with Crippen LogP contribution in [0.1, 0.15) is 0 Å². The minimum Gasteiger partial charge on any atom is -0.222 e. The SMILES string of the molecule is O=[P+](Oc1ccccc1)Oc1cccc(Cl)c1Cl. The highest BCUT2D eigenvalue weighted by Gasteiger charge is 2.26. The predicted octanol–water partition coefficient (Wildman–Crippen LogP) is 5.11. The molecule has 1 unspecified atom stereocenters. The van der Waals surface area contributed by atoms with E-state index >= 15 is 0 Å². The van der Waals surface area contributed by atoms with Gasteiger partial charge in [-0.15, -0.1) is 0 Å². The molecule has 18 heavy (non-hydrogen) atoms. The zero-order valence-corrected chi connectivity index (χ0v) is 11.5. The molecule has 0 saturated carbocycles. The van der Waals surface area contributed by atoms with E-state index < -0.39 is 8.25 Å². The molecule has 0 aliphatic rings. The maximum Gasteiger partial charge on any atom is 0.805 e. The number of hydrogen-bond donors (Lipinski definition) is 0. The molecular formula is C12H8Cl2O3P+. The highest BCUT2D eigenvalue weighted by Crippen LogP contribution is 2.37. The Balaban J connectivity index is 2.06. The first kappa shape index (κ1) is 13.2. The molecule has 0 amide bonds. The second-order valence-electron chi connectivity index (χ2n) is 3.27. The Morgan fingerprint density at radius 3 is 2.33 bits per heavy atom. The summed E-state index contributed by atoms with van der Waals surface area (Å²) in [7, 11) is -2.35. The standard InChI is InChI=1S/C12H8Cl2O3P/c13-10-7-4-8-11(12(10)14)17-18(15)16-9-5-2-1-3-6-9/h1-8H/q+1. The zero-order chi connectivity index (χ0) is 13.0. The van der Waals surface area contributed by atoms with Gasteiger partial charge in [0.2, 0.25) is 5.75 Å². The van der Waals surface area contributed by atoms with Crippen LogP contribution in [0.2, 0.25) is 10.0 Å². The van der Waals surface area contributed by atoms with E-state index in [1.54, 1.807) is 42.5 Å². The third-order valence-electron chi connectivity index (χ3n) is 2.01. The van der Waals surface area contributed by atoms with Crippen LogP contribution < -0.4 is 9.05 Å². The van der Waals surface area contributed by atoms with Crippen LogP contribution in [0.3, 0.4) is 0 Å². The van der Waals surface area contributed by atoms with Crippen LogP contribution in [0, 0.1) is 0 Å². The number of halogens is 2. The van der Waals surface area contributed by atoms with Crippen molar-refractivity contribution in [3.63, 3.8) is 0 Å². The topological polar surface area (TPSA) is 35.5 Å². The molecule has 0 radical (unpaired) electrons. The molecule has 6 heteroatoms. The highest BCUT2D eigenvalue weighted by atomic mass is 35.5. The van der Waals surface area contributed by atoms with Gasteiger partial charge in [0, 0.05) is 4.57 Å². The van der Waals surface area contributed by atoms with Gasteiger partial charge in [0.15, 0.2) is 5.75 Å². The van der Waals surface area contributed by atoms with Crippen molar-refractivity contribution in [2.45, 2.75) is 0 Å². The molecule has 2 aromatic carbocycles. The molecule has 0 heterocycles. The first-order valence-electron chi connectivity index (χ1n) is 4.99. The van der Waals surface area contributed by atoms with E-state index in [0.717, 1.165) is 0 Å². The molecule has 0 bridgehead atoms. The van der Waals surface area contributed by atoms with Crippen LogP contribution in [-0.4, -0.2) is 0 Å². The van der Waals surface area contributed by atoms with Crippen molar-refractivity contribution in [3.8, 4) is 11.5 Å². The number of rotatable bonds is 4. The number of para-hydroxylation sites is 1. The summed E-state index contributed by atoms with van der Waals surface area (Å²) in [6.45, 7) is 0. The van der Waals surface area contributed by atoms with Gasteiger partial charge in [-0.25, -0.2) is 9.05 Å². The molecule has 3 nitrogen and oxygen atoms in total. The second-order valence-corrected chi connectivity index (χ2v) is 4.87. The monoisotopic (exact) mass is 301 g/mol. The Morgan fingerprint density at radius 1 is 0.889 bits per heavy atom. The van der Waals surface area contributed by atoms with Gasteiger partial charge in [-0.1, -0.05) is 47.5 Å². The molecule has 0 aliphatic heterocycles. The summed E-state index contributed by atoms with van der Waals surface area (Å²) in [5, 5.41) is 0.538. The van der Waals surface area contributed by atoms with Gasteiger partial charge >= 0.3 is 8.25 Å². The molecule has 0 saturated heterocycles. The summed E-state index contributed by atoms with van der Waals surface area (Å²) >= 11 is 11.7. The molecule has 1 atom stereocenters. The molecule has 92 valence electrons. The lowest BCUT2D eigenvalue weighted by atomic mass is 10.3. The summed E-state index contributed by atoms with van der Waals surface area (Å²) in [6.07, 6.45) is 0. The Bertz CT molecular complexity index is 561. The van der Waals surface area contributed by atoms with E-state index in [9.17, 15) is 4.57 Å². The Hall–Kier alpha value is -1.28. The summed E-state index contributed by atoms with van der Waals surface area (Å²) in [5.74, 6) is 0.679. The fourth-order valence-corrected chi connectivity index (χ4v) is 2.25. The second kappa shape index (κ2) is 6.05. The predicted molar refractivity (Wildman–Crippen MR) is 71.8 cm³/mol. The largest absolute Gasteiger partial charge is 0.805 e. The van der Waals surface area contributed by atoms with E-state index in [1.807, 2.05) is 6.07 Å². The van der Waals surface area contributed by atoms with E-state index in [4.69, 9.17) is 32.2 Å². The Labute approximate surface area is 115 Å². The van der Waals surface area contributed by atoms with Crippen molar-refractivity contribution in [3.05, 3.63) is 58.6 Å². The van der Waals surface area contributed by atoms with E-state index in [0.29, 0.717) is 10.8 Å². The first-order valence-corrected chi connectivity index (χ1v) is 6.84. The number of hydrogen-bond acceptors (Lipinski definition) is 3. The maximum atomic E-state index is 11.6. The van der Waals surface area contributed by atoms with E-state index in [1.165, 1.54) is 0 Å². The van der Waals surface area contributed by atoms with Gasteiger partial charge in [0.05, 0.1) is 5.02 Å². The molecule has 0 aromatic heterocycles. The van der Waals surface area contributed by atoms with Crippen LogP contribution in [0.25, 0.3) is 0 Å². The third-order valence-corrected chi connectivity index (χ3v) is 3.52. The van der Waals surface area contributed by atoms with Crippen LogP contribution in [0.15, 0.2) is 48.5 Å². The van der Waals surface area contributed by atoms with Gasteiger partial charge in [-0.2, -0.15) is 0 Å². The minimum absolute atomic E-state index is 0.208. The summed E-state index contributed by atoms with van der Waals surface area (Å²) < 4.78 is 21.8. The molecule has 0 N–H and O–H groups in total. The van der Waals surface area contributed by atoms with Crippen LogP contribution in [-0.2, 0) is 4.57 Å². The van der Waals surface area contributed by atoms with Crippen molar-refractivity contribution in [1.82, 2.24) is 0 Å². The van der Waals surface area contributed by atoms with Crippen LogP contribution in [0.4, 0.5) is 0 Å². The fourth-order valence-electron chi connectivity index (χ4n) is 1.22. The average Bonchev–Trinajstić information content (AvgIpc) is 2.36. The summed E-state index contributed by atoms with van der Waals surface area (Å²) in [6, 6.07) is 13.5. The first-order chi connectivity index (χ1) is 8.66. The van der Waals surface area contributed by atoms with Crippen molar-refractivity contribution < 1.29 is 13.6 Å². The van der Waals surface area contributed by atoms with Gasteiger partial charge in [-0.05, 0) is 24.3 Å². The lowest BCUT2D eigenvalue weighted by Gasteiger charge is -1.98. The molecule has 0 spiro atoms. The lowest BCUT2D eigenvalue weighted by molar-refractivity contribution is 0.415. The summed E-state index contributed by atoms with van der Waals surface area (Å²) in [5.41, 5.74) is 0. The van der Waals surface area contributed by atoms with Gasteiger partial charge < -0.3 is 0 Å². The zero-order valence-electron chi connectivity index (χ0n) is 9.05.